The van der Waals surface area contributed by atoms with Gasteiger partial charge < -0.3 is 24.3 Å². The normalized spacial score (nSPS) is 10.5. The number of carbonyl (C=O) groups excluding carboxylic acids is 1. The van der Waals surface area contributed by atoms with Crippen molar-refractivity contribution < 1.29 is 23.7 Å². The summed E-state index contributed by atoms with van der Waals surface area (Å²) in [5, 5.41) is 5.62. The standard InChI is InChI=1S/C27H26N2O5S/c1-4-33-23-8-6-5-7-22(23)27-29-19(17-35-27)16-26(30)28-18-9-14-24(32-3)25(15-18)34-21-12-10-20(31-2)11-13-21/h5-15,17H,4,16H2,1-3H3,(H,28,30). The second-order valence-corrected chi connectivity index (χ2v) is 8.30. The summed E-state index contributed by atoms with van der Waals surface area (Å²) in [5.74, 6) is 2.99. The number of hydrogen-bond donors (Lipinski definition) is 1. The van der Waals surface area contributed by atoms with Gasteiger partial charge in [0.1, 0.15) is 22.3 Å². The molecule has 0 aliphatic heterocycles. The van der Waals surface area contributed by atoms with E-state index in [1.807, 2.05) is 48.7 Å². The van der Waals surface area contributed by atoms with Gasteiger partial charge in [-0.1, -0.05) is 12.1 Å². The van der Waals surface area contributed by atoms with Crippen molar-refractivity contribution in [3.63, 3.8) is 0 Å². The van der Waals surface area contributed by atoms with E-state index in [9.17, 15) is 4.79 Å². The Hall–Kier alpha value is -4.04. The van der Waals surface area contributed by atoms with Gasteiger partial charge in [0.15, 0.2) is 11.5 Å². The van der Waals surface area contributed by atoms with E-state index in [0.29, 0.717) is 35.2 Å². The molecule has 1 aromatic heterocycles. The minimum Gasteiger partial charge on any atom is -0.497 e. The van der Waals surface area contributed by atoms with Crippen LogP contribution in [0.2, 0.25) is 0 Å². The van der Waals surface area contributed by atoms with Crippen LogP contribution in [0.15, 0.2) is 72.1 Å². The van der Waals surface area contributed by atoms with Crippen LogP contribution in [0.1, 0.15) is 12.6 Å². The topological polar surface area (TPSA) is 78.9 Å². The second-order valence-electron chi connectivity index (χ2n) is 7.44. The van der Waals surface area contributed by atoms with Gasteiger partial charge in [-0.05, 0) is 55.5 Å². The molecule has 0 saturated heterocycles. The smallest absolute Gasteiger partial charge is 0.230 e. The van der Waals surface area contributed by atoms with Crippen LogP contribution >= 0.6 is 11.3 Å². The van der Waals surface area contributed by atoms with Gasteiger partial charge >= 0.3 is 0 Å². The third-order valence-corrected chi connectivity index (χ3v) is 5.97. The summed E-state index contributed by atoms with van der Waals surface area (Å²) in [4.78, 5) is 17.4. The summed E-state index contributed by atoms with van der Waals surface area (Å²) in [5.41, 5.74) is 2.20. The van der Waals surface area contributed by atoms with Crippen molar-refractivity contribution in [2.24, 2.45) is 0 Å². The SMILES string of the molecule is CCOc1ccccc1-c1nc(CC(=O)Nc2ccc(OC)c(Oc3ccc(OC)cc3)c2)cs1. The van der Waals surface area contributed by atoms with Gasteiger partial charge in [-0.3, -0.25) is 4.79 Å². The number of rotatable bonds is 10. The van der Waals surface area contributed by atoms with Gasteiger partial charge in [-0.15, -0.1) is 11.3 Å². The Labute approximate surface area is 208 Å². The Morgan fingerprint density at radius 3 is 2.43 bits per heavy atom. The van der Waals surface area contributed by atoms with E-state index < -0.39 is 0 Å². The highest BCUT2D eigenvalue weighted by Gasteiger charge is 2.14. The Balaban J connectivity index is 1.44. The second kappa shape index (κ2) is 11.4. The third kappa shape index (κ3) is 6.10. The van der Waals surface area contributed by atoms with Gasteiger partial charge in [0.05, 0.1) is 38.5 Å². The molecule has 4 rings (SSSR count). The number of methoxy groups -OCH3 is 2. The Bertz CT molecular complexity index is 1290. The maximum Gasteiger partial charge on any atom is 0.230 e. The first-order valence-corrected chi connectivity index (χ1v) is 11.9. The fraction of sp³-hybridized carbons (Fsp3) is 0.185. The molecule has 0 aliphatic carbocycles. The molecule has 8 heteroatoms. The summed E-state index contributed by atoms with van der Waals surface area (Å²) in [7, 11) is 3.18. The number of carbonyl (C=O) groups is 1. The van der Waals surface area contributed by atoms with E-state index in [2.05, 4.69) is 10.3 Å². The molecule has 0 saturated carbocycles. The number of nitrogens with zero attached hydrogens (tertiary/aromatic N) is 1. The third-order valence-electron chi connectivity index (χ3n) is 5.05. The number of para-hydroxylation sites is 1. The molecule has 7 nitrogen and oxygen atoms in total. The summed E-state index contributed by atoms with van der Waals surface area (Å²) < 4.78 is 22.3. The molecule has 0 radical (unpaired) electrons. The number of ether oxygens (including phenoxy) is 4. The Morgan fingerprint density at radius 2 is 1.69 bits per heavy atom. The van der Waals surface area contributed by atoms with Crippen molar-refractivity contribution in [1.29, 1.82) is 0 Å². The van der Waals surface area contributed by atoms with E-state index in [1.165, 1.54) is 11.3 Å². The fourth-order valence-electron chi connectivity index (χ4n) is 3.41. The summed E-state index contributed by atoms with van der Waals surface area (Å²) in [6.45, 7) is 2.52. The Kier molecular flexibility index (Phi) is 7.84. The van der Waals surface area contributed by atoms with Crippen LogP contribution in [0.25, 0.3) is 10.6 Å². The first kappa shape index (κ1) is 24.1. The molecule has 0 unspecified atom stereocenters. The number of benzene rings is 3. The number of thiazole rings is 1. The predicted octanol–water partition coefficient (Wildman–Crippen LogP) is 6.20. The number of nitrogens with one attached hydrogen (secondary N) is 1. The van der Waals surface area contributed by atoms with E-state index in [-0.39, 0.29) is 12.3 Å². The minimum atomic E-state index is -0.180. The van der Waals surface area contributed by atoms with Crippen LogP contribution in [0.4, 0.5) is 5.69 Å². The van der Waals surface area contributed by atoms with Crippen LogP contribution in [0.3, 0.4) is 0 Å². The highest BCUT2D eigenvalue weighted by atomic mass is 32.1. The van der Waals surface area contributed by atoms with Crippen LogP contribution in [-0.2, 0) is 11.2 Å². The zero-order chi connectivity index (χ0) is 24.6. The van der Waals surface area contributed by atoms with E-state index in [4.69, 9.17) is 18.9 Å². The van der Waals surface area contributed by atoms with Crippen molar-refractivity contribution >= 4 is 22.9 Å². The molecule has 1 heterocycles. The lowest BCUT2D eigenvalue weighted by Gasteiger charge is -2.13. The predicted molar refractivity (Wildman–Crippen MR) is 137 cm³/mol. The lowest BCUT2D eigenvalue weighted by Crippen LogP contribution is -2.14. The monoisotopic (exact) mass is 490 g/mol. The molecular weight excluding hydrogens is 464 g/mol. The molecule has 35 heavy (non-hydrogen) atoms. The number of amides is 1. The molecule has 3 aromatic carbocycles. The highest BCUT2D eigenvalue weighted by Crippen LogP contribution is 2.35. The number of hydrogen-bond acceptors (Lipinski definition) is 7. The average Bonchev–Trinajstić information content (AvgIpc) is 3.33. The van der Waals surface area contributed by atoms with E-state index in [0.717, 1.165) is 22.1 Å². The van der Waals surface area contributed by atoms with Gasteiger partial charge in [-0.2, -0.15) is 0 Å². The molecule has 4 aromatic rings. The van der Waals surface area contributed by atoms with Crippen LogP contribution in [0, 0.1) is 0 Å². The van der Waals surface area contributed by atoms with E-state index in [1.54, 1.807) is 44.6 Å². The van der Waals surface area contributed by atoms with Crippen molar-refractivity contribution in [2.75, 3.05) is 26.1 Å². The van der Waals surface area contributed by atoms with E-state index >= 15 is 0 Å². The van der Waals surface area contributed by atoms with Crippen molar-refractivity contribution in [3.05, 3.63) is 77.8 Å². The van der Waals surface area contributed by atoms with Crippen LogP contribution in [-0.4, -0.2) is 31.7 Å². The van der Waals surface area contributed by atoms with Crippen molar-refractivity contribution in [1.82, 2.24) is 4.98 Å². The number of aromatic nitrogens is 1. The first-order valence-electron chi connectivity index (χ1n) is 11.1. The van der Waals surface area contributed by atoms with Gasteiger partial charge in [-0.25, -0.2) is 4.98 Å². The quantitative estimate of drug-likeness (QED) is 0.285. The number of anilines is 1. The molecule has 1 amide bonds. The summed E-state index contributed by atoms with van der Waals surface area (Å²) in [6, 6.07) is 20.2. The highest BCUT2D eigenvalue weighted by molar-refractivity contribution is 7.13. The lowest BCUT2D eigenvalue weighted by molar-refractivity contribution is -0.115. The largest absolute Gasteiger partial charge is 0.497 e. The lowest BCUT2D eigenvalue weighted by atomic mass is 10.2. The zero-order valence-corrected chi connectivity index (χ0v) is 20.6. The first-order chi connectivity index (χ1) is 17.1. The van der Waals surface area contributed by atoms with Gasteiger partial charge in [0.25, 0.3) is 0 Å². The Morgan fingerprint density at radius 1 is 0.914 bits per heavy atom. The molecule has 0 atom stereocenters. The fourth-order valence-corrected chi connectivity index (χ4v) is 4.26. The minimum absolute atomic E-state index is 0.147. The molecular formula is C27H26N2O5S. The maximum atomic E-state index is 12.7. The maximum absolute atomic E-state index is 12.7. The molecule has 180 valence electrons. The van der Waals surface area contributed by atoms with Crippen LogP contribution in [0.5, 0.6) is 28.7 Å². The van der Waals surface area contributed by atoms with Crippen molar-refractivity contribution in [3.8, 4) is 39.3 Å². The van der Waals surface area contributed by atoms with Gasteiger partial charge in [0, 0.05) is 17.1 Å². The van der Waals surface area contributed by atoms with Gasteiger partial charge in [0.2, 0.25) is 5.91 Å². The van der Waals surface area contributed by atoms with Crippen molar-refractivity contribution in [2.45, 2.75) is 13.3 Å². The zero-order valence-electron chi connectivity index (χ0n) is 19.7. The molecule has 0 fully saturated rings. The molecule has 0 bridgehead atoms. The summed E-state index contributed by atoms with van der Waals surface area (Å²) >= 11 is 1.49. The molecule has 0 spiro atoms. The molecule has 0 aliphatic rings. The molecule has 1 N–H and O–H groups in total. The van der Waals surface area contributed by atoms with Crippen LogP contribution < -0.4 is 24.3 Å². The summed E-state index contributed by atoms with van der Waals surface area (Å²) in [6.07, 6.45) is 0.147. The average molecular weight is 491 g/mol.